The summed E-state index contributed by atoms with van der Waals surface area (Å²) in [5.41, 5.74) is 2.59. The van der Waals surface area contributed by atoms with E-state index in [9.17, 15) is 4.79 Å². The van der Waals surface area contributed by atoms with Gasteiger partial charge in [0.25, 0.3) is 0 Å². The summed E-state index contributed by atoms with van der Waals surface area (Å²) in [4.78, 5) is 14.4. The third-order valence-electron chi connectivity index (χ3n) is 3.90. The van der Waals surface area contributed by atoms with Crippen molar-refractivity contribution in [3.63, 3.8) is 0 Å². The van der Waals surface area contributed by atoms with Crippen LogP contribution in [0, 0.1) is 0 Å². The maximum Gasteiger partial charge on any atom is 0.230 e. The Kier molecular flexibility index (Phi) is 4.44. The van der Waals surface area contributed by atoms with Crippen molar-refractivity contribution in [2.45, 2.75) is 38.1 Å². The van der Waals surface area contributed by atoms with Crippen LogP contribution in [0.15, 0.2) is 24.3 Å². The number of rotatable bonds is 3. The zero-order valence-corrected chi connectivity index (χ0v) is 12.6. The van der Waals surface area contributed by atoms with Gasteiger partial charge in [0.2, 0.25) is 5.91 Å². The summed E-state index contributed by atoms with van der Waals surface area (Å²) < 4.78 is 0. The van der Waals surface area contributed by atoms with Crippen LogP contribution in [-0.4, -0.2) is 29.2 Å². The van der Waals surface area contributed by atoms with E-state index in [4.69, 9.17) is 0 Å². The zero-order chi connectivity index (χ0) is 13.1. The van der Waals surface area contributed by atoms with Crippen molar-refractivity contribution in [3.05, 3.63) is 35.4 Å². The van der Waals surface area contributed by atoms with Gasteiger partial charge in [-0.1, -0.05) is 40.2 Å². The number of alkyl halides is 1. The molecule has 2 nitrogen and oxygen atoms in total. The minimum atomic E-state index is 0.0569. The fraction of sp³-hybridized carbons (Fsp3) is 0.533. The molecule has 0 radical (unpaired) electrons. The maximum absolute atomic E-state index is 12.6. The monoisotopic (exact) mass is 309 g/mol. The largest absolute Gasteiger partial charge is 0.342 e. The van der Waals surface area contributed by atoms with Gasteiger partial charge >= 0.3 is 0 Å². The number of carbonyl (C=O) groups excluding carboxylic acids is 1. The van der Waals surface area contributed by atoms with Gasteiger partial charge in [-0.25, -0.2) is 0 Å². The molecule has 1 aromatic carbocycles. The van der Waals surface area contributed by atoms with Crippen LogP contribution in [0.3, 0.4) is 0 Å². The number of benzene rings is 1. The lowest BCUT2D eigenvalue weighted by molar-refractivity contribution is -0.133. The molecule has 0 heterocycles. The standard InChI is InChI=1S/C15H20BrNO/c1-11(10-16)17(2)15(18)14-9-5-7-12-6-3-4-8-13(12)14/h3-4,6,8,11,14H,5,7,9-10H2,1-2H3. The Morgan fingerprint density at radius 3 is 2.94 bits per heavy atom. The van der Waals surface area contributed by atoms with Gasteiger partial charge in [0.15, 0.2) is 0 Å². The lowest BCUT2D eigenvalue weighted by Crippen LogP contribution is -2.40. The Morgan fingerprint density at radius 2 is 2.22 bits per heavy atom. The molecule has 0 N–H and O–H groups in total. The normalized spacial score (nSPS) is 20.1. The topological polar surface area (TPSA) is 20.3 Å². The summed E-state index contributed by atoms with van der Waals surface area (Å²) in [5.74, 6) is 0.315. The molecule has 2 rings (SSSR count). The Bertz CT molecular complexity index is 432. The molecule has 0 aliphatic heterocycles. The summed E-state index contributed by atoms with van der Waals surface area (Å²) in [6, 6.07) is 8.62. The Hall–Kier alpha value is -0.830. The van der Waals surface area contributed by atoms with Crippen molar-refractivity contribution in [2.24, 2.45) is 0 Å². The first-order valence-corrected chi connectivity index (χ1v) is 7.67. The molecule has 1 aromatic rings. The van der Waals surface area contributed by atoms with Gasteiger partial charge < -0.3 is 4.90 Å². The maximum atomic E-state index is 12.6. The van der Waals surface area contributed by atoms with Crippen LogP contribution in [-0.2, 0) is 11.2 Å². The highest BCUT2D eigenvalue weighted by Gasteiger charge is 2.29. The summed E-state index contributed by atoms with van der Waals surface area (Å²) in [5, 5.41) is 0.823. The summed E-state index contributed by atoms with van der Waals surface area (Å²) in [7, 11) is 1.91. The molecule has 2 atom stereocenters. The van der Waals surface area contributed by atoms with Gasteiger partial charge in [0.1, 0.15) is 0 Å². The molecule has 1 aliphatic rings. The molecule has 0 fully saturated rings. The second kappa shape index (κ2) is 5.87. The second-order valence-corrected chi connectivity index (χ2v) is 5.74. The SMILES string of the molecule is CC(CBr)N(C)C(=O)C1CCCc2ccccc21. The zero-order valence-electron chi connectivity index (χ0n) is 11.0. The van der Waals surface area contributed by atoms with Gasteiger partial charge in [0, 0.05) is 18.4 Å². The van der Waals surface area contributed by atoms with Crippen molar-refractivity contribution >= 4 is 21.8 Å². The number of hydrogen-bond donors (Lipinski definition) is 0. The lowest BCUT2D eigenvalue weighted by atomic mass is 9.82. The fourth-order valence-corrected chi connectivity index (χ4v) is 3.01. The Balaban J connectivity index is 2.22. The van der Waals surface area contributed by atoms with Crippen molar-refractivity contribution in [2.75, 3.05) is 12.4 Å². The molecule has 0 spiro atoms. The molecule has 0 aromatic heterocycles. The van der Waals surface area contributed by atoms with Crippen LogP contribution in [0.4, 0.5) is 0 Å². The molecule has 18 heavy (non-hydrogen) atoms. The third-order valence-corrected chi connectivity index (χ3v) is 4.84. The van der Waals surface area contributed by atoms with E-state index >= 15 is 0 Å². The molecule has 3 heteroatoms. The number of halogens is 1. The first-order chi connectivity index (χ1) is 8.65. The molecular weight excluding hydrogens is 290 g/mol. The molecule has 98 valence electrons. The third kappa shape index (κ3) is 2.61. The first kappa shape index (κ1) is 13.6. The van der Waals surface area contributed by atoms with Crippen molar-refractivity contribution in [3.8, 4) is 0 Å². The van der Waals surface area contributed by atoms with Gasteiger partial charge in [-0.15, -0.1) is 0 Å². The van der Waals surface area contributed by atoms with E-state index in [1.165, 1.54) is 11.1 Å². The van der Waals surface area contributed by atoms with E-state index in [1.54, 1.807) is 0 Å². The predicted octanol–water partition coefficient (Wildman–Crippen LogP) is 3.35. The molecule has 2 unspecified atom stereocenters. The fourth-order valence-electron chi connectivity index (χ4n) is 2.58. The lowest BCUT2D eigenvalue weighted by Gasteiger charge is -2.31. The van der Waals surface area contributed by atoms with E-state index in [2.05, 4.69) is 41.1 Å². The van der Waals surface area contributed by atoms with Crippen LogP contribution in [0.5, 0.6) is 0 Å². The van der Waals surface area contributed by atoms with Crippen molar-refractivity contribution in [1.82, 2.24) is 4.90 Å². The van der Waals surface area contributed by atoms with Crippen LogP contribution in [0.25, 0.3) is 0 Å². The number of fused-ring (bicyclic) bond motifs is 1. The first-order valence-electron chi connectivity index (χ1n) is 6.55. The van der Waals surface area contributed by atoms with E-state index < -0.39 is 0 Å². The Labute approximate surface area is 117 Å². The highest BCUT2D eigenvalue weighted by molar-refractivity contribution is 9.09. The number of likely N-dealkylation sites (N-methyl/N-ethyl adjacent to an activating group) is 1. The van der Waals surface area contributed by atoms with Crippen molar-refractivity contribution < 1.29 is 4.79 Å². The second-order valence-electron chi connectivity index (χ2n) is 5.10. The number of aryl methyl sites for hydroxylation is 1. The summed E-state index contributed by atoms with van der Waals surface area (Å²) in [6.45, 7) is 2.07. The van der Waals surface area contributed by atoms with E-state index in [1.807, 2.05) is 18.0 Å². The molecular formula is C15H20BrNO. The van der Waals surface area contributed by atoms with E-state index in [0.717, 1.165) is 24.6 Å². The number of carbonyl (C=O) groups is 1. The molecule has 0 saturated heterocycles. The summed E-state index contributed by atoms with van der Waals surface area (Å²) >= 11 is 3.45. The van der Waals surface area contributed by atoms with Gasteiger partial charge in [-0.3, -0.25) is 4.79 Å². The molecule has 0 bridgehead atoms. The molecule has 1 aliphatic carbocycles. The highest BCUT2D eigenvalue weighted by atomic mass is 79.9. The van der Waals surface area contributed by atoms with Crippen LogP contribution in [0.2, 0.25) is 0 Å². The van der Waals surface area contributed by atoms with Crippen LogP contribution in [0.1, 0.15) is 36.8 Å². The molecule has 1 amide bonds. The van der Waals surface area contributed by atoms with Crippen LogP contribution < -0.4 is 0 Å². The number of hydrogen-bond acceptors (Lipinski definition) is 1. The van der Waals surface area contributed by atoms with Crippen LogP contribution >= 0.6 is 15.9 Å². The number of nitrogens with zero attached hydrogens (tertiary/aromatic N) is 1. The van der Waals surface area contributed by atoms with Crippen molar-refractivity contribution in [1.29, 1.82) is 0 Å². The van der Waals surface area contributed by atoms with Gasteiger partial charge in [0.05, 0.1) is 5.92 Å². The van der Waals surface area contributed by atoms with E-state index in [0.29, 0.717) is 0 Å². The number of amides is 1. The molecule has 0 saturated carbocycles. The quantitative estimate of drug-likeness (QED) is 0.784. The van der Waals surface area contributed by atoms with E-state index in [-0.39, 0.29) is 17.9 Å². The van der Waals surface area contributed by atoms with Gasteiger partial charge in [-0.05, 0) is 37.3 Å². The average Bonchev–Trinajstić information content (AvgIpc) is 2.44. The minimum absolute atomic E-state index is 0.0569. The minimum Gasteiger partial charge on any atom is -0.342 e. The predicted molar refractivity (Wildman–Crippen MR) is 78.1 cm³/mol. The average molecular weight is 310 g/mol. The highest BCUT2D eigenvalue weighted by Crippen LogP contribution is 2.33. The Morgan fingerprint density at radius 1 is 1.50 bits per heavy atom. The smallest absolute Gasteiger partial charge is 0.230 e. The van der Waals surface area contributed by atoms with Gasteiger partial charge in [-0.2, -0.15) is 0 Å². The summed E-state index contributed by atoms with van der Waals surface area (Å²) in [6.07, 6.45) is 3.21.